The van der Waals surface area contributed by atoms with E-state index >= 15 is 0 Å². The number of hydrogen-bond donors (Lipinski definition) is 2. The molecule has 1 aromatic heterocycles. The first-order chi connectivity index (χ1) is 9.96. The Morgan fingerprint density at radius 1 is 1.24 bits per heavy atom. The smallest absolute Gasteiger partial charge is 0.354 e. The van der Waals surface area contributed by atoms with Gasteiger partial charge >= 0.3 is 5.97 Å². The number of carboxylic acids is 1. The maximum absolute atomic E-state index is 10.9. The van der Waals surface area contributed by atoms with Crippen LogP contribution in [0.5, 0.6) is 0 Å². The molecule has 4 nitrogen and oxygen atoms in total. The number of nitrogens with one attached hydrogen (secondary N) is 1. The Labute approximate surface area is 124 Å². The number of hydrogen-bond acceptors (Lipinski definition) is 3. The number of aromatic carboxylic acids is 1. The standard InChI is InChI=1S/C17H20N2O2/c1-17(2,10-8-13-6-4-3-5-7-13)19-14-9-11-18-15(12-14)16(20)21/h3-7,9,11-12H,8,10H2,1-2H3,(H,18,19)(H,20,21). The highest BCUT2D eigenvalue weighted by Gasteiger charge is 2.18. The number of aromatic nitrogens is 1. The van der Waals surface area contributed by atoms with Crippen molar-refractivity contribution in [2.75, 3.05) is 5.32 Å². The van der Waals surface area contributed by atoms with Gasteiger partial charge in [-0.05, 0) is 44.4 Å². The van der Waals surface area contributed by atoms with Crippen molar-refractivity contribution in [2.45, 2.75) is 32.2 Å². The molecule has 0 amide bonds. The Balaban J connectivity index is 2.00. The fraction of sp³-hybridized carbons (Fsp3) is 0.294. The molecule has 0 aliphatic heterocycles. The number of pyridine rings is 1. The maximum atomic E-state index is 10.9. The molecule has 0 spiro atoms. The molecule has 0 saturated heterocycles. The second-order valence-electron chi connectivity index (χ2n) is 5.73. The predicted molar refractivity (Wildman–Crippen MR) is 83.7 cm³/mol. The van der Waals surface area contributed by atoms with E-state index in [0.29, 0.717) is 0 Å². The molecule has 0 unspecified atom stereocenters. The third-order valence-corrected chi connectivity index (χ3v) is 3.34. The first-order valence-electron chi connectivity index (χ1n) is 6.98. The van der Waals surface area contributed by atoms with Gasteiger partial charge < -0.3 is 10.4 Å². The first kappa shape index (κ1) is 15.0. The van der Waals surface area contributed by atoms with Crippen LogP contribution in [0.2, 0.25) is 0 Å². The number of carboxylic acid groups (broad SMARTS) is 1. The fourth-order valence-electron chi connectivity index (χ4n) is 2.18. The van der Waals surface area contributed by atoms with E-state index < -0.39 is 5.97 Å². The molecule has 4 heteroatoms. The number of nitrogens with zero attached hydrogens (tertiary/aromatic N) is 1. The maximum Gasteiger partial charge on any atom is 0.354 e. The number of aryl methyl sites for hydroxylation is 1. The van der Waals surface area contributed by atoms with E-state index in [9.17, 15) is 4.79 Å². The summed E-state index contributed by atoms with van der Waals surface area (Å²) in [5, 5.41) is 12.3. The first-order valence-corrected chi connectivity index (χ1v) is 6.98. The molecule has 0 aliphatic rings. The lowest BCUT2D eigenvalue weighted by molar-refractivity contribution is 0.0690. The lowest BCUT2D eigenvalue weighted by Crippen LogP contribution is -2.31. The molecular formula is C17H20N2O2. The number of rotatable bonds is 6. The normalized spacial score (nSPS) is 11.1. The van der Waals surface area contributed by atoms with Gasteiger partial charge in [0.05, 0.1) is 0 Å². The molecular weight excluding hydrogens is 264 g/mol. The highest BCUT2D eigenvalue weighted by atomic mass is 16.4. The zero-order chi connectivity index (χ0) is 15.3. The van der Waals surface area contributed by atoms with Crippen molar-refractivity contribution in [3.8, 4) is 0 Å². The number of benzene rings is 1. The third-order valence-electron chi connectivity index (χ3n) is 3.34. The van der Waals surface area contributed by atoms with Gasteiger partial charge in [0.15, 0.2) is 0 Å². The van der Waals surface area contributed by atoms with Crippen molar-refractivity contribution in [3.05, 3.63) is 59.9 Å². The van der Waals surface area contributed by atoms with Gasteiger partial charge in [0, 0.05) is 17.4 Å². The molecule has 2 aromatic rings. The summed E-state index contributed by atoms with van der Waals surface area (Å²) in [4.78, 5) is 14.8. The number of carbonyl (C=O) groups is 1. The van der Waals surface area contributed by atoms with Crippen LogP contribution in [0.15, 0.2) is 48.7 Å². The van der Waals surface area contributed by atoms with Crippen molar-refractivity contribution in [1.82, 2.24) is 4.98 Å². The summed E-state index contributed by atoms with van der Waals surface area (Å²) in [6, 6.07) is 13.7. The Morgan fingerprint density at radius 3 is 2.62 bits per heavy atom. The summed E-state index contributed by atoms with van der Waals surface area (Å²) in [7, 11) is 0. The van der Waals surface area contributed by atoms with Gasteiger partial charge in [-0.1, -0.05) is 30.3 Å². The average Bonchev–Trinajstić information content (AvgIpc) is 2.46. The molecule has 1 heterocycles. The zero-order valence-corrected chi connectivity index (χ0v) is 12.3. The summed E-state index contributed by atoms with van der Waals surface area (Å²) in [5.74, 6) is -1.01. The second kappa shape index (κ2) is 6.39. The van der Waals surface area contributed by atoms with Crippen LogP contribution in [0.25, 0.3) is 0 Å². The van der Waals surface area contributed by atoms with Gasteiger partial charge in [0.25, 0.3) is 0 Å². The Bertz CT molecular complexity index is 609. The van der Waals surface area contributed by atoms with Gasteiger partial charge in [0.2, 0.25) is 0 Å². The van der Waals surface area contributed by atoms with E-state index in [-0.39, 0.29) is 11.2 Å². The van der Waals surface area contributed by atoms with Gasteiger partial charge in [0.1, 0.15) is 5.69 Å². The van der Waals surface area contributed by atoms with E-state index in [1.54, 1.807) is 12.1 Å². The molecule has 2 rings (SSSR count). The molecule has 0 aliphatic carbocycles. The van der Waals surface area contributed by atoms with E-state index in [4.69, 9.17) is 5.11 Å². The summed E-state index contributed by atoms with van der Waals surface area (Å²) < 4.78 is 0. The molecule has 2 N–H and O–H groups in total. The fourth-order valence-corrected chi connectivity index (χ4v) is 2.18. The summed E-state index contributed by atoms with van der Waals surface area (Å²) in [5.41, 5.74) is 2.00. The molecule has 110 valence electrons. The SMILES string of the molecule is CC(C)(CCc1ccccc1)Nc1ccnc(C(=O)O)c1. The van der Waals surface area contributed by atoms with E-state index in [2.05, 4.69) is 36.3 Å². The second-order valence-corrected chi connectivity index (χ2v) is 5.73. The average molecular weight is 284 g/mol. The quantitative estimate of drug-likeness (QED) is 0.850. The van der Waals surface area contributed by atoms with E-state index in [0.717, 1.165) is 18.5 Å². The van der Waals surface area contributed by atoms with Crippen LogP contribution >= 0.6 is 0 Å². The predicted octanol–water partition coefficient (Wildman–Crippen LogP) is 3.60. The van der Waals surface area contributed by atoms with Crippen LogP contribution < -0.4 is 5.32 Å². The summed E-state index contributed by atoms with van der Waals surface area (Å²) in [6.45, 7) is 4.22. The van der Waals surface area contributed by atoms with Crippen LogP contribution in [-0.4, -0.2) is 21.6 Å². The van der Waals surface area contributed by atoms with Crippen molar-refractivity contribution in [1.29, 1.82) is 0 Å². The third kappa shape index (κ3) is 4.60. The van der Waals surface area contributed by atoms with Gasteiger partial charge in [-0.25, -0.2) is 9.78 Å². The van der Waals surface area contributed by atoms with Gasteiger partial charge in [-0.3, -0.25) is 0 Å². The van der Waals surface area contributed by atoms with Crippen molar-refractivity contribution in [3.63, 3.8) is 0 Å². The molecule has 0 radical (unpaired) electrons. The van der Waals surface area contributed by atoms with Crippen LogP contribution in [0.4, 0.5) is 5.69 Å². The van der Waals surface area contributed by atoms with Gasteiger partial charge in [-0.15, -0.1) is 0 Å². The lowest BCUT2D eigenvalue weighted by Gasteiger charge is -2.27. The monoisotopic (exact) mass is 284 g/mol. The lowest BCUT2D eigenvalue weighted by atomic mass is 9.95. The largest absolute Gasteiger partial charge is 0.477 e. The molecule has 1 aromatic carbocycles. The molecule has 0 fully saturated rings. The minimum atomic E-state index is -1.01. The topological polar surface area (TPSA) is 62.2 Å². The zero-order valence-electron chi connectivity index (χ0n) is 12.3. The van der Waals surface area contributed by atoms with E-state index in [1.165, 1.54) is 11.8 Å². The van der Waals surface area contributed by atoms with Crippen molar-refractivity contribution in [2.24, 2.45) is 0 Å². The van der Waals surface area contributed by atoms with Crippen LogP contribution in [0, 0.1) is 0 Å². The van der Waals surface area contributed by atoms with Crippen molar-refractivity contribution >= 4 is 11.7 Å². The van der Waals surface area contributed by atoms with E-state index in [1.807, 2.05) is 18.2 Å². The molecule has 21 heavy (non-hydrogen) atoms. The minimum absolute atomic E-state index is 0.0545. The Kier molecular flexibility index (Phi) is 4.58. The molecule has 0 atom stereocenters. The van der Waals surface area contributed by atoms with Gasteiger partial charge in [-0.2, -0.15) is 0 Å². The number of anilines is 1. The Morgan fingerprint density at radius 2 is 1.95 bits per heavy atom. The minimum Gasteiger partial charge on any atom is -0.477 e. The summed E-state index contributed by atoms with van der Waals surface area (Å²) in [6.07, 6.45) is 3.43. The van der Waals surface area contributed by atoms with Crippen LogP contribution in [-0.2, 0) is 6.42 Å². The van der Waals surface area contributed by atoms with Crippen molar-refractivity contribution < 1.29 is 9.90 Å². The molecule has 0 bridgehead atoms. The Hall–Kier alpha value is -2.36. The highest BCUT2D eigenvalue weighted by molar-refractivity contribution is 5.86. The molecule has 0 saturated carbocycles. The highest BCUT2D eigenvalue weighted by Crippen LogP contribution is 2.20. The van der Waals surface area contributed by atoms with Crippen LogP contribution in [0.3, 0.4) is 0 Å². The summed E-state index contributed by atoms with van der Waals surface area (Å²) >= 11 is 0. The van der Waals surface area contributed by atoms with Crippen LogP contribution in [0.1, 0.15) is 36.3 Å².